The van der Waals surface area contributed by atoms with Crippen LogP contribution in [-0.2, 0) is 33.4 Å². The van der Waals surface area contributed by atoms with Crippen molar-refractivity contribution in [3.63, 3.8) is 0 Å². The van der Waals surface area contributed by atoms with Crippen molar-refractivity contribution in [3.05, 3.63) is 0 Å². The van der Waals surface area contributed by atoms with Crippen molar-refractivity contribution in [3.8, 4) is 0 Å². The fourth-order valence-corrected chi connectivity index (χ4v) is 0.735. The molecule has 0 radical (unpaired) electrons. The number of carboxylic acid groups (broad SMARTS) is 1. The SMILES string of the molecule is CC(=O)COC(=O)C(C)OCC(=O)OCC(=O)O. The molecule has 1 atom stereocenters. The molecule has 0 rings (SSSR count). The van der Waals surface area contributed by atoms with Crippen LogP contribution in [0, 0.1) is 0 Å². The number of carbonyl (C=O) groups is 4. The van der Waals surface area contributed by atoms with Crippen molar-refractivity contribution in [1.29, 1.82) is 0 Å². The topological polar surface area (TPSA) is 116 Å². The minimum atomic E-state index is -1.29. The Morgan fingerprint density at radius 3 is 2.17 bits per heavy atom. The number of ketones is 1. The first-order chi connectivity index (χ1) is 8.32. The van der Waals surface area contributed by atoms with Gasteiger partial charge in [-0.1, -0.05) is 0 Å². The first-order valence-corrected chi connectivity index (χ1v) is 4.98. The minimum absolute atomic E-state index is 0.323. The summed E-state index contributed by atoms with van der Waals surface area (Å²) in [6.45, 7) is 0.861. The molecular formula is C10H14O8. The van der Waals surface area contributed by atoms with Gasteiger partial charge in [0.1, 0.15) is 13.2 Å². The molecule has 0 aromatic heterocycles. The highest BCUT2D eigenvalue weighted by Crippen LogP contribution is 1.96. The van der Waals surface area contributed by atoms with Gasteiger partial charge in [-0.3, -0.25) is 4.79 Å². The van der Waals surface area contributed by atoms with Crippen LogP contribution in [-0.4, -0.2) is 54.7 Å². The number of aliphatic carboxylic acids is 1. The molecule has 102 valence electrons. The zero-order chi connectivity index (χ0) is 14.1. The lowest BCUT2D eigenvalue weighted by Gasteiger charge is -2.11. The molecule has 0 aliphatic heterocycles. The Balaban J connectivity index is 3.84. The molecule has 0 bridgehead atoms. The third-order valence-electron chi connectivity index (χ3n) is 1.56. The van der Waals surface area contributed by atoms with E-state index in [0.717, 1.165) is 0 Å². The van der Waals surface area contributed by atoms with E-state index in [1.165, 1.54) is 13.8 Å². The van der Waals surface area contributed by atoms with Gasteiger partial charge >= 0.3 is 17.9 Å². The number of hydrogen-bond donors (Lipinski definition) is 1. The Kier molecular flexibility index (Phi) is 7.29. The molecule has 0 saturated carbocycles. The predicted molar refractivity (Wildman–Crippen MR) is 55.6 cm³/mol. The number of ether oxygens (including phenoxy) is 3. The van der Waals surface area contributed by atoms with E-state index in [1.807, 2.05) is 0 Å². The quantitative estimate of drug-likeness (QED) is 0.562. The van der Waals surface area contributed by atoms with Gasteiger partial charge in [-0.15, -0.1) is 0 Å². The van der Waals surface area contributed by atoms with Crippen LogP contribution >= 0.6 is 0 Å². The Morgan fingerprint density at radius 1 is 1.06 bits per heavy atom. The fraction of sp³-hybridized carbons (Fsp3) is 0.600. The summed E-state index contributed by atoms with van der Waals surface area (Å²) in [4.78, 5) is 42.7. The average Bonchev–Trinajstić information content (AvgIpc) is 2.30. The molecule has 18 heavy (non-hydrogen) atoms. The van der Waals surface area contributed by atoms with Crippen LogP contribution in [0.15, 0.2) is 0 Å². The van der Waals surface area contributed by atoms with Crippen molar-refractivity contribution in [1.82, 2.24) is 0 Å². The molecule has 0 amide bonds. The smallest absolute Gasteiger partial charge is 0.341 e. The highest BCUT2D eigenvalue weighted by atomic mass is 16.6. The van der Waals surface area contributed by atoms with Crippen molar-refractivity contribution in [2.75, 3.05) is 19.8 Å². The Labute approximate surface area is 103 Å². The monoisotopic (exact) mass is 262 g/mol. The maximum Gasteiger partial charge on any atom is 0.341 e. The Hall–Kier alpha value is -1.96. The number of hydrogen-bond acceptors (Lipinski definition) is 7. The minimum Gasteiger partial charge on any atom is -0.479 e. The van der Waals surface area contributed by atoms with E-state index >= 15 is 0 Å². The molecule has 0 aliphatic rings. The van der Waals surface area contributed by atoms with Gasteiger partial charge in [-0.2, -0.15) is 0 Å². The second-order valence-corrected chi connectivity index (χ2v) is 3.32. The van der Waals surface area contributed by atoms with Gasteiger partial charge in [-0.05, 0) is 13.8 Å². The van der Waals surface area contributed by atoms with Gasteiger partial charge < -0.3 is 19.3 Å². The largest absolute Gasteiger partial charge is 0.479 e. The average molecular weight is 262 g/mol. The van der Waals surface area contributed by atoms with Crippen LogP contribution < -0.4 is 0 Å². The third-order valence-corrected chi connectivity index (χ3v) is 1.56. The highest BCUT2D eigenvalue weighted by Gasteiger charge is 2.17. The van der Waals surface area contributed by atoms with Gasteiger partial charge in [0.15, 0.2) is 18.5 Å². The summed E-state index contributed by atoms with van der Waals surface area (Å²) in [6, 6.07) is 0. The third kappa shape index (κ3) is 8.22. The lowest BCUT2D eigenvalue weighted by atomic mass is 10.4. The van der Waals surface area contributed by atoms with E-state index in [-0.39, 0.29) is 12.4 Å². The van der Waals surface area contributed by atoms with Gasteiger partial charge in [-0.25, -0.2) is 14.4 Å². The Bertz CT molecular complexity index is 335. The van der Waals surface area contributed by atoms with Gasteiger partial charge in [0, 0.05) is 0 Å². The van der Waals surface area contributed by atoms with Crippen LogP contribution in [0.3, 0.4) is 0 Å². The number of rotatable bonds is 8. The molecular weight excluding hydrogens is 248 g/mol. The maximum absolute atomic E-state index is 11.2. The van der Waals surface area contributed by atoms with E-state index in [4.69, 9.17) is 9.84 Å². The van der Waals surface area contributed by atoms with Gasteiger partial charge in [0.05, 0.1) is 0 Å². The molecule has 0 heterocycles. The van der Waals surface area contributed by atoms with E-state index in [2.05, 4.69) is 9.47 Å². The summed E-state index contributed by atoms with van der Waals surface area (Å²) in [7, 11) is 0. The summed E-state index contributed by atoms with van der Waals surface area (Å²) in [5, 5.41) is 8.23. The van der Waals surface area contributed by atoms with Crippen LogP contribution in [0.25, 0.3) is 0 Å². The number of carbonyl (C=O) groups excluding carboxylic acids is 3. The second-order valence-electron chi connectivity index (χ2n) is 3.32. The fourth-order valence-electron chi connectivity index (χ4n) is 0.735. The van der Waals surface area contributed by atoms with Crippen LogP contribution in [0.4, 0.5) is 0 Å². The molecule has 0 aromatic carbocycles. The van der Waals surface area contributed by atoms with Crippen molar-refractivity contribution in [2.45, 2.75) is 20.0 Å². The van der Waals surface area contributed by atoms with Gasteiger partial charge in [0.25, 0.3) is 0 Å². The van der Waals surface area contributed by atoms with Crippen molar-refractivity contribution in [2.24, 2.45) is 0 Å². The number of carboxylic acids is 1. The molecule has 1 unspecified atom stereocenters. The first kappa shape index (κ1) is 16.0. The summed E-state index contributed by atoms with van der Waals surface area (Å²) >= 11 is 0. The molecule has 0 fully saturated rings. The second kappa shape index (κ2) is 8.18. The molecule has 8 nitrogen and oxygen atoms in total. The zero-order valence-electron chi connectivity index (χ0n) is 10.0. The summed E-state index contributed by atoms with van der Waals surface area (Å²) in [5.41, 5.74) is 0. The normalized spacial score (nSPS) is 11.4. The van der Waals surface area contributed by atoms with Crippen LogP contribution in [0.5, 0.6) is 0 Å². The molecule has 0 spiro atoms. The van der Waals surface area contributed by atoms with Crippen LogP contribution in [0.1, 0.15) is 13.8 Å². The molecule has 0 aliphatic carbocycles. The maximum atomic E-state index is 11.2. The standard InChI is InChI=1S/C10H14O8/c1-6(11)3-18-10(15)7(2)16-5-9(14)17-4-8(12)13/h7H,3-5H2,1-2H3,(H,12,13). The molecule has 8 heteroatoms. The van der Waals surface area contributed by atoms with Crippen molar-refractivity contribution >= 4 is 23.7 Å². The summed E-state index contributed by atoms with van der Waals surface area (Å²) in [5.74, 6) is -3.33. The van der Waals surface area contributed by atoms with E-state index in [0.29, 0.717) is 0 Å². The molecule has 0 aromatic rings. The van der Waals surface area contributed by atoms with E-state index < -0.39 is 37.2 Å². The lowest BCUT2D eigenvalue weighted by Crippen LogP contribution is -2.28. The number of esters is 2. The zero-order valence-corrected chi connectivity index (χ0v) is 10.0. The summed E-state index contributed by atoms with van der Waals surface area (Å²) in [6.07, 6.45) is -1.05. The molecule has 1 N–H and O–H groups in total. The predicted octanol–water partition coefficient (Wildman–Crippen LogP) is -0.848. The Morgan fingerprint density at radius 2 is 1.67 bits per heavy atom. The van der Waals surface area contributed by atoms with E-state index in [1.54, 1.807) is 0 Å². The first-order valence-electron chi connectivity index (χ1n) is 4.98. The summed E-state index contributed by atoms with van der Waals surface area (Å²) < 4.78 is 13.6. The lowest BCUT2D eigenvalue weighted by molar-refractivity contribution is -0.166. The van der Waals surface area contributed by atoms with E-state index in [9.17, 15) is 19.2 Å². The van der Waals surface area contributed by atoms with Gasteiger partial charge in [0.2, 0.25) is 0 Å². The number of Topliss-reactive ketones (excluding diaryl/α,β-unsaturated/α-hetero) is 1. The van der Waals surface area contributed by atoms with Crippen LogP contribution in [0.2, 0.25) is 0 Å². The van der Waals surface area contributed by atoms with Crippen molar-refractivity contribution < 1.29 is 38.5 Å². The highest BCUT2D eigenvalue weighted by molar-refractivity contribution is 5.82. The molecule has 0 saturated heterocycles.